The van der Waals surface area contributed by atoms with Crippen molar-refractivity contribution < 1.29 is 0 Å². The molecule has 0 aliphatic carbocycles. The van der Waals surface area contributed by atoms with Gasteiger partial charge in [-0.25, -0.2) is 4.98 Å². The van der Waals surface area contributed by atoms with E-state index in [4.69, 9.17) is 0 Å². The summed E-state index contributed by atoms with van der Waals surface area (Å²) in [7, 11) is 4.16. The van der Waals surface area contributed by atoms with E-state index in [0.29, 0.717) is 5.95 Å². The number of rotatable bonds is 8. The van der Waals surface area contributed by atoms with E-state index in [1.807, 2.05) is 12.3 Å². The summed E-state index contributed by atoms with van der Waals surface area (Å²) in [5.74, 6) is 1.61. The van der Waals surface area contributed by atoms with Crippen molar-refractivity contribution in [2.75, 3.05) is 43.9 Å². The minimum atomic E-state index is 0.687. The van der Waals surface area contributed by atoms with Crippen LogP contribution in [0.25, 0.3) is 0 Å². The van der Waals surface area contributed by atoms with Crippen LogP contribution >= 0.6 is 0 Å². The molecule has 0 bridgehead atoms. The Labute approximate surface area is 139 Å². The third-order valence-electron chi connectivity index (χ3n) is 3.61. The Hall–Kier alpha value is -2.14. The third kappa shape index (κ3) is 5.21. The van der Waals surface area contributed by atoms with Gasteiger partial charge in [-0.05, 0) is 64.7 Å². The highest BCUT2D eigenvalue weighted by Gasteiger charge is 2.10. The molecule has 1 aromatic heterocycles. The van der Waals surface area contributed by atoms with E-state index in [-0.39, 0.29) is 0 Å². The number of nitrogens with zero attached hydrogens (tertiary/aromatic N) is 4. The fourth-order valence-electron chi connectivity index (χ4n) is 2.45. The summed E-state index contributed by atoms with van der Waals surface area (Å²) in [6, 6.07) is 10.4. The van der Waals surface area contributed by atoms with Gasteiger partial charge in [0, 0.05) is 25.0 Å². The smallest absolute Gasteiger partial charge is 0.224 e. The lowest BCUT2D eigenvalue weighted by Crippen LogP contribution is -2.19. The van der Waals surface area contributed by atoms with Crippen LogP contribution in [0.4, 0.5) is 17.5 Å². The zero-order valence-electron chi connectivity index (χ0n) is 14.6. The molecule has 1 N–H and O–H groups in total. The molecule has 0 spiro atoms. The van der Waals surface area contributed by atoms with Crippen LogP contribution < -0.4 is 10.2 Å². The first-order valence-electron chi connectivity index (χ1n) is 8.16. The van der Waals surface area contributed by atoms with E-state index in [2.05, 4.69) is 77.3 Å². The predicted molar refractivity (Wildman–Crippen MR) is 97.6 cm³/mol. The van der Waals surface area contributed by atoms with E-state index in [0.717, 1.165) is 37.6 Å². The van der Waals surface area contributed by atoms with Gasteiger partial charge < -0.3 is 15.1 Å². The second-order valence-corrected chi connectivity index (χ2v) is 5.91. The minimum absolute atomic E-state index is 0.687. The molecule has 23 heavy (non-hydrogen) atoms. The molecule has 0 saturated carbocycles. The molecule has 0 saturated heterocycles. The Balaban J connectivity index is 2.08. The Morgan fingerprint density at radius 3 is 2.70 bits per heavy atom. The van der Waals surface area contributed by atoms with Crippen LogP contribution in [-0.4, -0.2) is 48.6 Å². The molecule has 0 radical (unpaired) electrons. The van der Waals surface area contributed by atoms with Crippen LogP contribution in [0.3, 0.4) is 0 Å². The minimum Gasteiger partial charge on any atom is -0.354 e. The topological polar surface area (TPSA) is 44.3 Å². The summed E-state index contributed by atoms with van der Waals surface area (Å²) in [6.45, 7) is 7.03. The molecule has 1 heterocycles. The molecule has 1 aromatic carbocycles. The number of hydrogen-bond acceptors (Lipinski definition) is 5. The lowest BCUT2D eigenvalue weighted by atomic mass is 10.2. The fourth-order valence-corrected chi connectivity index (χ4v) is 2.45. The highest BCUT2D eigenvalue weighted by molar-refractivity contribution is 5.61. The Morgan fingerprint density at radius 1 is 1.17 bits per heavy atom. The molecular weight excluding hydrogens is 286 g/mol. The first kappa shape index (κ1) is 17.2. The molecule has 5 nitrogen and oxygen atoms in total. The summed E-state index contributed by atoms with van der Waals surface area (Å²) in [5, 5.41) is 3.31. The maximum atomic E-state index is 4.66. The number of hydrogen-bond donors (Lipinski definition) is 1. The van der Waals surface area contributed by atoms with Gasteiger partial charge in [-0.1, -0.05) is 12.1 Å². The van der Waals surface area contributed by atoms with Gasteiger partial charge >= 0.3 is 0 Å². The molecule has 0 aliphatic rings. The summed E-state index contributed by atoms with van der Waals surface area (Å²) < 4.78 is 0. The van der Waals surface area contributed by atoms with Gasteiger partial charge in [-0.15, -0.1) is 0 Å². The highest BCUT2D eigenvalue weighted by Crippen LogP contribution is 2.24. The summed E-state index contributed by atoms with van der Waals surface area (Å²) in [5.41, 5.74) is 2.40. The molecule has 0 aliphatic heterocycles. The van der Waals surface area contributed by atoms with Crippen LogP contribution in [0.1, 0.15) is 18.9 Å². The molecule has 5 heteroatoms. The van der Waals surface area contributed by atoms with Crippen molar-refractivity contribution in [3.8, 4) is 0 Å². The van der Waals surface area contributed by atoms with E-state index < -0.39 is 0 Å². The number of nitrogens with one attached hydrogen (secondary N) is 1. The van der Waals surface area contributed by atoms with Gasteiger partial charge in [-0.2, -0.15) is 4.98 Å². The van der Waals surface area contributed by atoms with Gasteiger partial charge in [0.25, 0.3) is 0 Å². The third-order valence-corrected chi connectivity index (χ3v) is 3.61. The first-order chi connectivity index (χ1) is 11.1. The van der Waals surface area contributed by atoms with Gasteiger partial charge in [0.1, 0.15) is 5.82 Å². The molecular formula is C18H27N5. The number of benzene rings is 1. The fraction of sp³-hybridized carbons (Fsp3) is 0.444. The van der Waals surface area contributed by atoms with Gasteiger partial charge in [0.15, 0.2) is 0 Å². The summed E-state index contributed by atoms with van der Waals surface area (Å²) >= 11 is 0. The van der Waals surface area contributed by atoms with Crippen molar-refractivity contribution in [1.82, 2.24) is 14.9 Å². The van der Waals surface area contributed by atoms with Crippen molar-refractivity contribution in [1.29, 1.82) is 0 Å². The largest absolute Gasteiger partial charge is 0.354 e. The average molecular weight is 313 g/mol. The van der Waals surface area contributed by atoms with Gasteiger partial charge in [0.05, 0.1) is 0 Å². The van der Waals surface area contributed by atoms with Crippen molar-refractivity contribution in [2.45, 2.75) is 20.3 Å². The Bertz CT molecular complexity index is 612. The number of aromatic nitrogens is 2. The predicted octanol–water partition coefficient (Wildman–Crippen LogP) is 3.31. The maximum Gasteiger partial charge on any atom is 0.224 e. The Kier molecular flexibility index (Phi) is 6.35. The molecule has 0 unspecified atom stereocenters. The van der Waals surface area contributed by atoms with Crippen molar-refractivity contribution in [3.63, 3.8) is 0 Å². The quantitative estimate of drug-likeness (QED) is 0.758. The van der Waals surface area contributed by atoms with E-state index in [1.165, 1.54) is 5.56 Å². The number of anilines is 3. The van der Waals surface area contributed by atoms with Crippen LogP contribution in [0, 0.1) is 6.92 Å². The van der Waals surface area contributed by atoms with Gasteiger partial charge in [-0.3, -0.25) is 0 Å². The van der Waals surface area contributed by atoms with Crippen molar-refractivity contribution >= 4 is 17.5 Å². The standard InChI is InChI=1S/C18H27N5/c1-5-23(16-9-6-8-15(2)14-16)17-10-12-20-18(21-17)19-11-7-13-22(3)4/h6,8-10,12,14H,5,7,11,13H2,1-4H3,(H,19,20,21). The van der Waals surface area contributed by atoms with E-state index >= 15 is 0 Å². The zero-order chi connectivity index (χ0) is 16.7. The molecule has 0 amide bonds. The highest BCUT2D eigenvalue weighted by atomic mass is 15.2. The lowest BCUT2D eigenvalue weighted by molar-refractivity contribution is 0.405. The Morgan fingerprint density at radius 2 is 2.00 bits per heavy atom. The summed E-state index contributed by atoms with van der Waals surface area (Å²) in [4.78, 5) is 13.3. The molecule has 124 valence electrons. The molecule has 0 fully saturated rings. The zero-order valence-corrected chi connectivity index (χ0v) is 14.6. The monoisotopic (exact) mass is 313 g/mol. The summed E-state index contributed by atoms with van der Waals surface area (Å²) in [6.07, 6.45) is 2.88. The van der Waals surface area contributed by atoms with Crippen molar-refractivity contribution in [2.24, 2.45) is 0 Å². The second-order valence-electron chi connectivity index (χ2n) is 5.91. The van der Waals surface area contributed by atoms with Crippen LogP contribution in [0.2, 0.25) is 0 Å². The van der Waals surface area contributed by atoms with Crippen LogP contribution in [-0.2, 0) is 0 Å². The molecule has 2 rings (SSSR count). The molecule has 2 aromatic rings. The average Bonchev–Trinajstić information content (AvgIpc) is 2.53. The van der Waals surface area contributed by atoms with Gasteiger partial charge in [0.2, 0.25) is 5.95 Å². The van der Waals surface area contributed by atoms with Crippen molar-refractivity contribution in [3.05, 3.63) is 42.1 Å². The second kappa shape index (κ2) is 8.48. The maximum absolute atomic E-state index is 4.66. The lowest BCUT2D eigenvalue weighted by Gasteiger charge is -2.22. The van der Waals surface area contributed by atoms with E-state index in [9.17, 15) is 0 Å². The number of aryl methyl sites for hydroxylation is 1. The van der Waals surface area contributed by atoms with E-state index in [1.54, 1.807) is 0 Å². The van der Waals surface area contributed by atoms with Crippen LogP contribution in [0.5, 0.6) is 0 Å². The normalized spacial score (nSPS) is 10.8. The molecule has 0 atom stereocenters. The first-order valence-corrected chi connectivity index (χ1v) is 8.16. The van der Waals surface area contributed by atoms with Crippen LogP contribution in [0.15, 0.2) is 36.5 Å². The SMILES string of the molecule is CCN(c1cccc(C)c1)c1ccnc(NCCCN(C)C)n1.